The largest absolute Gasteiger partial charge is 0.342 e. The van der Waals surface area contributed by atoms with Gasteiger partial charge in [-0.3, -0.25) is 4.79 Å². The maximum absolute atomic E-state index is 12.3. The predicted octanol–water partition coefficient (Wildman–Crippen LogP) is 2.77. The van der Waals surface area contributed by atoms with Gasteiger partial charge in [0.2, 0.25) is 5.91 Å². The van der Waals surface area contributed by atoms with Crippen LogP contribution >= 0.6 is 0 Å². The monoisotopic (exact) mass is 340 g/mol. The molecule has 2 aromatic heterocycles. The van der Waals surface area contributed by atoms with Crippen LogP contribution < -0.4 is 5.32 Å². The zero-order valence-electron chi connectivity index (χ0n) is 15.2. The lowest BCUT2D eigenvalue weighted by atomic mass is 9.89. The van der Waals surface area contributed by atoms with Crippen molar-refractivity contribution in [3.8, 4) is 0 Å². The average molecular weight is 340 g/mol. The number of rotatable bonds is 5. The van der Waals surface area contributed by atoms with Crippen LogP contribution in [-0.2, 0) is 11.3 Å². The third-order valence-corrected chi connectivity index (χ3v) is 5.85. The Labute approximate surface area is 149 Å². The summed E-state index contributed by atoms with van der Waals surface area (Å²) in [7, 11) is 0. The summed E-state index contributed by atoms with van der Waals surface area (Å²) in [6, 6.07) is 4.65. The van der Waals surface area contributed by atoms with Crippen LogP contribution in [0.2, 0.25) is 0 Å². The second kappa shape index (κ2) is 6.79. The van der Waals surface area contributed by atoms with Gasteiger partial charge in [-0.1, -0.05) is 19.4 Å². The Morgan fingerprint density at radius 3 is 2.96 bits per heavy atom. The number of imidazole rings is 1. The SMILES string of the molecule is CC[C@H]1CN(C(=O)C2CC2)CC[C@@H]1NCc1cnc2c(C)cccn12. The number of aromatic nitrogens is 2. The number of aryl methyl sites for hydroxylation is 1. The highest BCUT2D eigenvalue weighted by molar-refractivity contribution is 5.81. The van der Waals surface area contributed by atoms with Crippen LogP contribution in [0.25, 0.3) is 5.65 Å². The molecule has 134 valence electrons. The van der Waals surface area contributed by atoms with Crippen molar-refractivity contribution in [2.45, 2.75) is 52.1 Å². The number of nitrogens with one attached hydrogen (secondary N) is 1. The Bertz CT molecular complexity index is 764. The molecule has 0 unspecified atom stereocenters. The minimum atomic E-state index is 0.336. The molecule has 2 aromatic rings. The van der Waals surface area contributed by atoms with Crippen LogP contribution in [0.5, 0.6) is 0 Å². The molecule has 0 aromatic carbocycles. The van der Waals surface area contributed by atoms with E-state index in [0.717, 1.165) is 51.0 Å². The van der Waals surface area contributed by atoms with Gasteiger partial charge < -0.3 is 14.6 Å². The third kappa shape index (κ3) is 3.30. The second-order valence-electron chi connectivity index (χ2n) is 7.64. The first-order valence-corrected chi connectivity index (χ1v) is 9.61. The van der Waals surface area contributed by atoms with Crippen molar-refractivity contribution < 1.29 is 4.79 Å². The van der Waals surface area contributed by atoms with Gasteiger partial charge in [-0.15, -0.1) is 0 Å². The van der Waals surface area contributed by atoms with Gasteiger partial charge >= 0.3 is 0 Å². The van der Waals surface area contributed by atoms with Gasteiger partial charge in [0.25, 0.3) is 0 Å². The molecule has 0 radical (unpaired) electrons. The molecule has 2 atom stereocenters. The average Bonchev–Trinajstić information content (AvgIpc) is 3.40. The summed E-state index contributed by atoms with van der Waals surface area (Å²) in [4.78, 5) is 19.0. The molecule has 5 nitrogen and oxygen atoms in total. The van der Waals surface area contributed by atoms with Gasteiger partial charge in [0.05, 0.1) is 11.9 Å². The summed E-state index contributed by atoms with van der Waals surface area (Å²) < 4.78 is 2.18. The van der Waals surface area contributed by atoms with Gasteiger partial charge in [0.15, 0.2) is 0 Å². The normalized spacial score (nSPS) is 24.0. The molecular formula is C20H28N4O. The lowest BCUT2D eigenvalue weighted by Gasteiger charge is -2.39. The Hall–Kier alpha value is -1.88. The number of nitrogens with zero attached hydrogens (tertiary/aromatic N) is 3. The third-order valence-electron chi connectivity index (χ3n) is 5.85. The van der Waals surface area contributed by atoms with Crippen molar-refractivity contribution >= 4 is 11.6 Å². The van der Waals surface area contributed by atoms with Crippen LogP contribution in [0, 0.1) is 18.8 Å². The van der Waals surface area contributed by atoms with Crippen LogP contribution in [-0.4, -0.2) is 39.3 Å². The number of carbonyl (C=O) groups excluding carboxylic acids is 1. The smallest absolute Gasteiger partial charge is 0.225 e. The van der Waals surface area contributed by atoms with E-state index in [0.29, 0.717) is 23.8 Å². The van der Waals surface area contributed by atoms with Crippen molar-refractivity contribution in [1.82, 2.24) is 19.6 Å². The van der Waals surface area contributed by atoms with Crippen LogP contribution in [0.1, 0.15) is 43.9 Å². The van der Waals surface area contributed by atoms with Gasteiger partial charge in [-0.2, -0.15) is 0 Å². The molecule has 1 aliphatic carbocycles. The molecule has 3 heterocycles. The van der Waals surface area contributed by atoms with E-state index >= 15 is 0 Å². The molecule has 2 fully saturated rings. The van der Waals surface area contributed by atoms with E-state index in [1.54, 1.807) is 0 Å². The molecule has 1 aliphatic heterocycles. The quantitative estimate of drug-likeness (QED) is 0.910. The maximum atomic E-state index is 12.3. The summed E-state index contributed by atoms with van der Waals surface area (Å²) in [5.74, 6) is 1.27. The fourth-order valence-electron chi connectivity index (χ4n) is 4.07. The topological polar surface area (TPSA) is 49.6 Å². The Kier molecular flexibility index (Phi) is 4.50. The lowest BCUT2D eigenvalue weighted by molar-refractivity contribution is -0.134. The van der Waals surface area contributed by atoms with Crippen LogP contribution in [0.4, 0.5) is 0 Å². The van der Waals surface area contributed by atoms with Gasteiger partial charge in [0.1, 0.15) is 5.65 Å². The first kappa shape index (κ1) is 16.6. The molecule has 25 heavy (non-hydrogen) atoms. The van der Waals surface area contributed by atoms with Crippen molar-refractivity contribution in [3.05, 3.63) is 35.8 Å². The molecule has 1 N–H and O–H groups in total. The van der Waals surface area contributed by atoms with Crippen molar-refractivity contribution in [2.24, 2.45) is 11.8 Å². The highest BCUT2D eigenvalue weighted by Crippen LogP contribution is 2.33. The van der Waals surface area contributed by atoms with Gasteiger partial charge in [0, 0.05) is 37.8 Å². The van der Waals surface area contributed by atoms with Crippen molar-refractivity contribution in [3.63, 3.8) is 0 Å². The van der Waals surface area contributed by atoms with Crippen LogP contribution in [0.15, 0.2) is 24.5 Å². The maximum Gasteiger partial charge on any atom is 0.225 e. The summed E-state index contributed by atoms with van der Waals surface area (Å²) >= 11 is 0. The second-order valence-corrected chi connectivity index (χ2v) is 7.64. The van der Waals surface area contributed by atoms with E-state index in [1.807, 2.05) is 6.20 Å². The molecule has 1 amide bonds. The first-order chi connectivity index (χ1) is 12.2. The molecular weight excluding hydrogens is 312 g/mol. The number of likely N-dealkylation sites (tertiary alicyclic amines) is 1. The van der Waals surface area contributed by atoms with E-state index in [9.17, 15) is 4.79 Å². The molecule has 5 heteroatoms. The lowest BCUT2D eigenvalue weighted by Crippen LogP contribution is -2.51. The number of fused-ring (bicyclic) bond motifs is 1. The molecule has 1 saturated heterocycles. The van der Waals surface area contributed by atoms with Gasteiger partial charge in [-0.25, -0.2) is 4.98 Å². The highest BCUT2D eigenvalue weighted by atomic mass is 16.2. The number of pyridine rings is 1. The number of piperidine rings is 1. The number of carbonyl (C=O) groups is 1. The summed E-state index contributed by atoms with van der Waals surface area (Å²) in [6.45, 7) is 6.97. The Morgan fingerprint density at radius 2 is 2.20 bits per heavy atom. The number of amides is 1. The first-order valence-electron chi connectivity index (χ1n) is 9.61. The zero-order chi connectivity index (χ0) is 17.4. The van der Waals surface area contributed by atoms with E-state index in [1.165, 1.54) is 11.3 Å². The van der Waals surface area contributed by atoms with Crippen molar-refractivity contribution in [2.75, 3.05) is 13.1 Å². The summed E-state index contributed by atoms with van der Waals surface area (Å²) in [6.07, 6.45) is 8.41. The number of hydrogen-bond acceptors (Lipinski definition) is 3. The fraction of sp³-hybridized carbons (Fsp3) is 0.600. The highest BCUT2D eigenvalue weighted by Gasteiger charge is 2.37. The van der Waals surface area contributed by atoms with E-state index in [-0.39, 0.29) is 0 Å². The summed E-state index contributed by atoms with van der Waals surface area (Å²) in [5, 5.41) is 3.74. The van der Waals surface area contributed by atoms with E-state index in [4.69, 9.17) is 0 Å². The number of hydrogen-bond donors (Lipinski definition) is 1. The van der Waals surface area contributed by atoms with Crippen molar-refractivity contribution in [1.29, 1.82) is 0 Å². The minimum Gasteiger partial charge on any atom is -0.342 e. The predicted molar refractivity (Wildman–Crippen MR) is 98.3 cm³/mol. The fourth-order valence-corrected chi connectivity index (χ4v) is 4.07. The standard InChI is InChI=1S/C20H28N4O/c1-3-15-13-23(20(25)16-6-7-16)10-8-18(15)21-11-17-12-22-19-14(2)5-4-9-24(17)19/h4-5,9,12,15-16,18,21H,3,6-8,10-11,13H2,1-2H3/t15-,18-/m0/s1. The van der Waals surface area contributed by atoms with E-state index < -0.39 is 0 Å². The zero-order valence-corrected chi connectivity index (χ0v) is 15.2. The summed E-state index contributed by atoms with van der Waals surface area (Å²) in [5.41, 5.74) is 3.44. The molecule has 0 spiro atoms. The Balaban J connectivity index is 1.40. The van der Waals surface area contributed by atoms with Crippen LogP contribution in [0.3, 0.4) is 0 Å². The van der Waals surface area contributed by atoms with Gasteiger partial charge in [-0.05, 0) is 43.7 Å². The molecule has 2 aliphatic rings. The Morgan fingerprint density at radius 1 is 1.36 bits per heavy atom. The molecule has 0 bridgehead atoms. The molecule has 1 saturated carbocycles. The molecule has 4 rings (SSSR count). The minimum absolute atomic E-state index is 0.336. The van der Waals surface area contributed by atoms with E-state index in [2.05, 4.69) is 51.8 Å².